The fraction of sp³-hybridized carbons (Fsp3) is 0.706. The van der Waals surface area contributed by atoms with Crippen LogP contribution in [0.1, 0.15) is 39.3 Å². The number of hydrogen-bond donors (Lipinski definition) is 2. The third-order valence-corrected chi connectivity index (χ3v) is 5.81. The van der Waals surface area contributed by atoms with Crippen molar-refractivity contribution in [2.24, 2.45) is 0 Å². The molecule has 0 amide bonds. The molecule has 29 heavy (non-hydrogen) atoms. The Kier molecular flexibility index (Phi) is 7.42. The molecule has 158 valence electrons. The molecule has 3 rings (SSSR count). The normalized spacial score (nSPS) is 24.1. The summed E-state index contributed by atoms with van der Waals surface area (Å²) >= 11 is 0. The van der Waals surface area contributed by atoms with Crippen LogP contribution < -0.4 is 4.90 Å². The van der Waals surface area contributed by atoms with Gasteiger partial charge < -0.3 is 14.7 Å². The Bertz CT molecular complexity index is 804. The Hall–Kier alpha value is -1.36. The topological polar surface area (TPSA) is 115 Å². The van der Waals surface area contributed by atoms with E-state index >= 15 is 0 Å². The summed E-state index contributed by atoms with van der Waals surface area (Å²) in [6.45, 7) is 6.01. The lowest BCUT2D eigenvalue weighted by Crippen LogP contribution is -2.26. The second kappa shape index (κ2) is 9.64. The first-order chi connectivity index (χ1) is 13.9. The lowest BCUT2D eigenvalue weighted by atomic mass is 10.2. The van der Waals surface area contributed by atoms with Gasteiger partial charge in [0.05, 0.1) is 19.5 Å². The molecule has 12 heteroatoms. The number of imidazole rings is 1. The third-order valence-electron chi connectivity index (χ3n) is 4.77. The molecule has 0 aliphatic carbocycles. The first-order valence-electron chi connectivity index (χ1n) is 9.76. The Morgan fingerprint density at radius 2 is 2.03 bits per heavy atom. The van der Waals surface area contributed by atoms with E-state index in [4.69, 9.17) is 21.4 Å². The molecule has 1 unspecified atom stereocenters. The van der Waals surface area contributed by atoms with Crippen molar-refractivity contribution in [2.45, 2.75) is 51.5 Å². The van der Waals surface area contributed by atoms with Crippen molar-refractivity contribution in [3.8, 4) is 0 Å². The predicted octanol–water partition coefficient (Wildman–Crippen LogP) is 1.60. The van der Waals surface area contributed by atoms with Gasteiger partial charge in [-0.1, -0.05) is 13.8 Å². The molecule has 2 aromatic rings. The number of hydrogen-bond acceptors (Lipinski definition) is 9. The summed E-state index contributed by atoms with van der Waals surface area (Å²) in [5.41, 5.74) is 1.27. The molecule has 2 radical (unpaired) electrons. The van der Waals surface area contributed by atoms with E-state index in [0.29, 0.717) is 17.6 Å². The monoisotopic (exact) mass is 424 g/mol. The Labute approximate surface area is 172 Å². The van der Waals surface area contributed by atoms with Crippen LogP contribution in [0, 0.1) is 0 Å². The summed E-state index contributed by atoms with van der Waals surface area (Å²) < 4.78 is 17.6. The van der Waals surface area contributed by atoms with Crippen molar-refractivity contribution in [1.82, 2.24) is 19.5 Å². The van der Waals surface area contributed by atoms with E-state index < -0.39 is 26.3 Å². The minimum atomic E-state index is -3.35. The summed E-state index contributed by atoms with van der Waals surface area (Å²) in [7, 11) is 3.42. The highest BCUT2D eigenvalue weighted by molar-refractivity contribution is 7.85. The molecular weight excluding hydrogens is 396 g/mol. The van der Waals surface area contributed by atoms with Gasteiger partial charge in [0.1, 0.15) is 19.0 Å². The zero-order valence-electron chi connectivity index (χ0n) is 17.0. The third kappa shape index (κ3) is 5.04. The van der Waals surface area contributed by atoms with Gasteiger partial charge in [0.2, 0.25) is 0 Å². The highest BCUT2D eigenvalue weighted by Gasteiger charge is 2.40. The van der Waals surface area contributed by atoms with Crippen molar-refractivity contribution in [3.63, 3.8) is 0 Å². The molecule has 0 aromatic carbocycles. The average molecular weight is 424 g/mol. The van der Waals surface area contributed by atoms with Gasteiger partial charge >= 0.3 is 15.4 Å². The van der Waals surface area contributed by atoms with Crippen LogP contribution in [0.3, 0.4) is 0 Å². The predicted molar refractivity (Wildman–Crippen MR) is 111 cm³/mol. The van der Waals surface area contributed by atoms with Gasteiger partial charge in [-0.15, -0.1) is 0 Å². The molecule has 1 saturated heterocycles. The number of fused-ring (bicyclic) bond motifs is 1. The maximum atomic E-state index is 10.5. The fourth-order valence-corrected chi connectivity index (χ4v) is 3.94. The summed E-state index contributed by atoms with van der Waals surface area (Å²) in [6.07, 6.45) is 3.53. The standard InChI is InChI=1S/C17H28BN5O5P/c1-4-6-22(7-5-2)15-14-16(20-10-19-15)23(11-21-14)17-13(24)8-12(28-17)9-27-29(18,25)26-3/h10-13,17,24-25H,4-9H2,1-3H3/q+1/t12-,13-,17+,29?/m0/s1. The van der Waals surface area contributed by atoms with Crippen LogP contribution in [0.15, 0.2) is 12.7 Å². The average Bonchev–Trinajstić information content (AvgIpc) is 3.29. The van der Waals surface area contributed by atoms with E-state index in [2.05, 4.69) is 33.7 Å². The molecule has 0 bridgehead atoms. The molecule has 1 aliphatic heterocycles. The summed E-state index contributed by atoms with van der Waals surface area (Å²) in [5.74, 6) is 0.780. The lowest BCUT2D eigenvalue weighted by molar-refractivity contribution is -0.0472. The van der Waals surface area contributed by atoms with Crippen molar-refractivity contribution >= 4 is 32.4 Å². The quantitative estimate of drug-likeness (QED) is 0.434. The Morgan fingerprint density at radius 3 is 2.69 bits per heavy atom. The van der Waals surface area contributed by atoms with Gasteiger partial charge in [-0.3, -0.25) is 4.57 Å². The van der Waals surface area contributed by atoms with Gasteiger partial charge in [-0.25, -0.2) is 19.8 Å². The minimum absolute atomic E-state index is 0.00974. The minimum Gasteiger partial charge on any atom is -0.388 e. The Balaban J connectivity index is 1.81. The van der Waals surface area contributed by atoms with Gasteiger partial charge in [-0.05, 0) is 12.8 Å². The summed E-state index contributed by atoms with van der Waals surface area (Å²) in [4.78, 5) is 25.2. The molecule has 0 spiro atoms. The van der Waals surface area contributed by atoms with Gasteiger partial charge in [0, 0.05) is 19.5 Å². The zero-order chi connectivity index (χ0) is 21.0. The molecular formula is C17H28BN5O5P+. The number of aromatic nitrogens is 4. The summed E-state index contributed by atoms with van der Waals surface area (Å²) in [6, 6.07) is 0. The van der Waals surface area contributed by atoms with E-state index in [1.807, 2.05) is 0 Å². The maximum absolute atomic E-state index is 10.5. The molecule has 2 N–H and O–H groups in total. The number of rotatable bonds is 10. The lowest BCUT2D eigenvalue weighted by Gasteiger charge is -2.22. The Morgan fingerprint density at radius 1 is 1.31 bits per heavy atom. The molecule has 10 nitrogen and oxygen atoms in total. The van der Waals surface area contributed by atoms with E-state index in [1.165, 1.54) is 13.4 Å². The van der Waals surface area contributed by atoms with Gasteiger partial charge in [0.15, 0.2) is 23.2 Å². The van der Waals surface area contributed by atoms with Crippen molar-refractivity contribution in [2.75, 3.05) is 31.7 Å². The first-order valence-corrected chi connectivity index (χ1v) is 11.4. The molecule has 1 aliphatic rings. The van der Waals surface area contributed by atoms with E-state index in [9.17, 15) is 10.00 Å². The molecule has 3 heterocycles. The smallest absolute Gasteiger partial charge is 0.388 e. The SMILES string of the molecule is [B][P+](O)(OC)OC[C@@H]1C[C@H](O)[C@H](n2cnc3c(N(CCC)CCC)ncnc32)O1. The van der Waals surface area contributed by atoms with E-state index in [0.717, 1.165) is 31.7 Å². The number of aliphatic hydroxyl groups is 1. The largest absolute Gasteiger partial charge is 0.488 e. The number of ether oxygens (including phenoxy) is 1. The molecule has 2 aromatic heterocycles. The van der Waals surface area contributed by atoms with Crippen LogP contribution >= 0.6 is 7.82 Å². The van der Waals surface area contributed by atoms with Crippen LogP contribution in [0.4, 0.5) is 5.82 Å². The number of nitrogens with zero attached hydrogens (tertiary/aromatic N) is 5. The summed E-state index contributed by atoms with van der Waals surface area (Å²) in [5, 5.41) is 10.5. The molecule has 1 fully saturated rings. The van der Waals surface area contributed by atoms with Crippen LogP contribution in [-0.4, -0.2) is 76.1 Å². The maximum Gasteiger partial charge on any atom is 0.488 e. The second-order valence-corrected chi connectivity index (χ2v) is 8.75. The number of anilines is 1. The highest BCUT2D eigenvalue weighted by Crippen LogP contribution is 2.51. The van der Waals surface area contributed by atoms with Crippen molar-refractivity contribution in [3.05, 3.63) is 12.7 Å². The van der Waals surface area contributed by atoms with Crippen LogP contribution in [0.2, 0.25) is 0 Å². The fourth-order valence-electron chi connectivity index (χ4n) is 3.45. The van der Waals surface area contributed by atoms with E-state index in [-0.39, 0.29) is 6.61 Å². The first kappa shape index (κ1) is 22.3. The second-order valence-electron chi connectivity index (χ2n) is 7.00. The van der Waals surface area contributed by atoms with Crippen molar-refractivity contribution < 1.29 is 23.8 Å². The highest BCUT2D eigenvalue weighted by atomic mass is 31.2. The van der Waals surface area contributed by atoms with Crippen LogP contribution in [-0.2, 0) is 13.8 Å². The van der Waals surface area contributed by atoms with Crippen LogP contribution in [0.25, 0.3) is 11.2 Å². The molecule has 4 atom stereocenters. The van der Waals surface area contributed by atoms with Crippen molar-refractivity contribution in [1.29, 1.82) is 0 Å². The van der Waals surface area contributed by atoms with E-state index in [1.54, 1.807) is 10.9 Å². The zero-order valence-corrected chi connectivity index (χ0v) is 17.9. The van der Waals surface area contributed by atoms with Crippen LogP contribution in [0.5, 0.6) is 0 Å². The van der Waals surface area contributed by atoms with Gasteiger partial charge in [0.25, 0.3) is 0 Å². The number of aliphatic hydroxyl groups excluding tert-OH is 1. The van der Waals surface area contributed by atoms with Gasteiger partial charge in [-0.2, -0.15) is 9.05 Å². The molecule has 0 saturated carbocycles.